The summed E-state index contributed by atoms with van der Waals surface area (Å²) >= 11 is 0. The lowest BCUT2D eigenvalue weighted by Crippen LogP contribution is -2.43. The number of urea groups is 2. The average Bonchev–Trinajstić information content (AvgIpc) is 3.80. The van der Waals surface area contributed by atoms with Crippen LogP contribution in [0.1, 0.15) is 56.2 Å². The molecule has 3 aromatic rings. The Balaban J connectivity index is 1.36. The summed E-state index contributed by atoms with van der Waals surface area (Å²) in [5.41, 5.74) is 1.23. The Morgan fingerprint density at radius 2 is 1.74 bits per heavy atom. The summed E-state index contributed by atoms with van der Waals surface area (Å²) in [6.45, 7) is 4.65. The van der Waals surface area contributed by atoms with Crippen LogP contribution in [0.15, 0.2) is 65.6 Å². The molecule has 43 heavy (non-hydrogen) atoms. The molecule has 1 aliphatic carbocycles. The third-order valence-corrected chi connectivity index (χ3v) is 9.50. The summed E-state index contributed by atoms with van der Waals surface area (Å²) in [6, 6.07) is 15.2. The Bertz CT molecular complexity index is 1780. The van der Waals surface area contributed by atoms with E-state index < -0.39 is 39.2 Å². The predicted octanol–water partition coefficient (Wildman–Crippen LogP) is 5.76. The molecular formula is C31H30FN5O5S. The van der Waals surface area contributed by atoms with Crippen LogP contribution in [0.4, 0.5) is 31.0 Å². The Labute approximate surface area is 249 Å². The van der Waals surface area contributed by atoms with Crippen LogP contribution in [0.5, 0.6) is 0 Å². The number of anilines is 3. The molecule has 0 unspecified atom stereocenters. The molecule has 0 spiro atoms. The minimum absolute atomic E-state index is 0.0583. The first-order chi connectivity index (χ1) is 20.3. The first-order valence-corrected chi connectivity index (χ1v) is 15.4. The molecule has 5 amide bonds. The molecule has 222 valence electrons. The molecular weight excluding hydrogens is 573 g/mol. The summed E-state index contributed by atoms with van der Waals surface area (Å²) in [6.07, 6.45) is 1.88. The fourth-order valence-electron chi connectivity index (χ4n) is 5.02. The van der Waals surface area contributed by atoms with Gasteiger partial charge < -0.3 is 15.5 Å². The standard InChI is InChI=1S/C31H30FN5O5S/c1-4-43(41,42)25-13-10-23(11-14-25)34-29(39)35-27-15-22(32)9-7-21(27)18-36-30(40)37(28(38)31(36,2)3)24-12-8-20(17-33)26(16-24)19-5-6-19/h7-16,19H,4-6,18H2,1-3H3,(H2,34,35,39). The van der Waals surface area contributed by atoms with E-state index in [4.69, 9.17) is 0 Å². The van der Waals surface area contributed by atoms with E-state index in [-0.39, 0.29) is 28.8 Å². The molecule has 1 saturated heterocycles. The van der Waals surface area contributed by atoms with Crippen LogP contribution >= 0.6 is 0 Å². The van der Waals surface area contributed by atoms with E-state index >= 15 is 0 Å². The van der Waals surface area contributed by atoms with E-state index in [2.05, 4.69) is 16.7 Å². The molecule has 10 nitrogen and oxygen atoms in total. The molecule has 2 aliphatic rings. The number of hydrogen-bond acceptors (Lipinski definition) is 6. The van der Waals surface area contributed by atoms with Crippen LogP contribution in [0, 0.1) is 17.1 Å². The van der Waals surface area contributed by atoms with Crippen molar-refractivity contribution in [2.45, 2.75) is 56.5 Å². The van der Waals surface area contributed by atoms with Crippen molar-refractivity contribution in [3.8, 4) is 6.07 Å². The van der Waals surface area contributed by atoms with Crippen molar-refractivity contribution in [2.24, 2.45) is 0 Å². The number of imide groups is 1. The normalized spacial score (nSPS) is 16.3. The molecule has 5 rings (SSSR count). The number of hydrogen-bond donors (Lipinski definition) is 2. The van der Waals surface area contributed by atoms with Crippen molar-refractivity contribution in [2.75, 3.05) is 21.3 Å². The molecule has 0 aromatic heterocycles. The summed E-state index contributed by atoms with van der Waals surface area (Å²) in [5.74, 6) is -0.903. The second kappa shape index (κ2) is 11.1. The first kappa shape index (κ1) is 29.7. The maximum Gasteiger partial charge on any atom is 0.332 e. The van der Waals surface area contributed by atoms with Crippen molar-refractivity contribution >= 4 is 44.9 Å². The number of nitriles is 1. The lowest BCUT2D eigenvalue weighted by atomic mass is 10.0. The summed E-state index contributed by atoms with van der Waals surface area (Å²) in [4.78, 5) is 42.6. The van der Waals surface area contributed by atoms with Crippen LogP contribution < -0.4 is 15.5 Å². The molecule has 0 bridgehead atoms. The summed E-state index contributed by atoms with van der Waals surface area (Å²) in [5, 5.41) is 14.7. The summed E-state index contributed by atoms with van der Waals surface area (Å²) < 4.78 is 38.4. The van der Waals surface area contributed by atoms with Crippen LogP contribution in [0.25, 0.3) is 0 Å². The molecule has 0 atom stereocenters. The highest BCUT2D eigenvalue weighted by atomic mass is 32.2. The van der Waals surface area contributed by atoms with Gasteiger partial charge in [0.1, 0.15) is 11.4 Å². The lowest BCUT2D eigenvalue weighted by Gasteiger charge is -2.28. The van der Waals surface area contributed by atoms with Crippen molar-refractivity contribution in [1.29, 1.82) is 5.26 Å². The highest BCUT2D eigenvalue weighted by Crippen LogP contribution is 2.44. The molecule has 0 radical (unpaired) electrons. The zero-order chi connectivity index (χ0) is 31.1. The average molecular weight is 604 g/mol. The number of halogens is 1. The van der Waals surface area contributed by atoms with Gasteiger partial charge in [0.25, 0.3) is 5.91 Å². The predicted molar refractivity (Wildman–Crippen MR) is 159 cm³/mol. The minimum atomic E-state index is -3.40. The van der Waals surface area contributed by atoms with Gasteiger partial charge in [0, 0.05) is 5.69 Å². The molecule has 1 saturated carbocycles. The molecule has 1 heterocycles. The van der Waals surface area contributed by atoms with Gasteiger partial charge in [-0.25, -0.2) is 27.3 Å². The topological polar surface area (TPSA) is 140 Å². The molecule has 1 aliphatic heterocycles. The number of carbonyl (C=O) groups is 3. The fraction of sp³-hybridized carbons (Fsp3) is 0.290. The summed E-state index contributed by atoms with van der Waals surface area (Å²) in [7, 11) is -3.40. The lowest BCUT2D eigenvalue weighted by molar-refractivity contribution is -0.123. The SMILES string of the molecule is CCS(=O)(=O)c1ccc(NC(=O)Nc2cc(F)ccc2CN2C(=O)N(c3ccc(C#N)c(C4CC4)c3)C(=O)C2(C)C)cc1. The van der Waals surface area contributed by atoms with Gasteiger partial charge in [-0.15, -0.1) is 0 Å². The van der Waals surface area contributed by atoms with Gasteiger partial charge >= 0.3 is 12.1 Å². The van der Waals surface area contributed by atoms with Crippen LogP contribution in [-0.2, 0) is 21.2 Å². The van der Waals surface area contributed by atoms with Crippen LogP contribution in [-0.4, -0.2) is 42.6 Å². The Morgan fingerprint density at radius 3 is 2.37 bits per heavy atom. The van der Waals surface area contributed by atoms with E-state index in [1.54, 1.807) is 32.0 Å². The van der Waals surface area contributed by atoms with Crippen molar-refractivity contribution in [3.63, 3.8) is 0 Å². The molecule has 2 fully saturated rings. The van der Waals surface area contributed by atoms with Gasteiger partial charge in [-0.3, -0.25) is 4.79 Å². The van der Waals surface area contributed by atoms with Crippen LogP contribution in [0.3, 0.4) is 0 Å². The van der Waals surface area contributed by atoms with E-state index in [9.17, 15) is 32.5 Å². The molecule has 3 aromatic carbocycles. The second-order valence-corrected chi connectivity index (χ2v) is 13.3. The smallest absolute Gasteiger partial charge is 0.308 e. The number of benzene rings is 3. The van der Waals surface area contributed by atoms with Crippen LogP contribution in [0.2, 0.25) is 0 Å². The van der Waals surface area contributed by atoms with Crippen molar-refractivity contribution < 1.29 is 27.2 Å². The quantitative estimate of drug-likeness (QED) is 0.314. The zero-order valence-electron chi connectivity index (χ0n) is 23.8. The van der Waals surface area contributed by atoms with Crippen molar-refractivity contribution in [3.05, 3.63) is 83.2 Å². The monoisotopic (exact) mass is 603 g/mol. The maximum atomic E-state index is 14.3. The molecule has 12 heteroatoms. The van der Waals surface area contributed by atoms with Gasteiger partial charge in [0.15, 0.2) is 9.84 Å². The Kier molecular flexibility index (Phi) is 7.70. The maximum absolute atomic E-state index is 14.3. The minimum Gasteiger partial charge on any atom is -0.308 e. The number of rotatable bonds is 8. The van der Waals surface area contributed by atoms with Gasteiger partial charge in [0.2, 0.25) is 0 Å². The number of amides is 5. The van der Waals surface area contributed by atoms with Crippen molar-refractivity contribution in [1.82, 2.24) is 4.90 Å². The number of sulfone groups is 1. The van der Waals surface area contributed by atoms with Gasteiger partial charge in [-0.2, -0.15) is 5.26 Å². The molecule has 2 N–H and O–H groups in total. The highest BCUT2D eigenvalue weighted by Gasteiger charge is 2.52. The fourth-order valence-corrected chi connectivity index (χ4v) is 5.91. The largest absolute Gasteiger partial charge is 0.332 e. The van der Waals surface area contributed by atoms with E-state index in [0.717, 1.165) is 29.4 Å². The first-order valence-electron chi connectivity index (χ1n) is 13.7. The number of carbonyl (C=O) groups excluding carboxylic acids is 3. The Hall–Kier alpha value is -4.76. The van der Waals surface area contributed by atoms with Gasteiger partial charge in [-0.1, -0.05) is 13.0 Å². The van der Waals surface area contributed by atoms with E-state index in [0.29, 0.717) is 22.5 Å². The second-order valence-electron chi connectivity index (χ2n) is 11.0. The number of nitrogens with one attached hydrogen (secondary N) is 2. The van der Waals surface area contributed by atoms with Gasteiger partial charge in [0.05, 0.1) is 40.2 Å². The Morgan fingerprint density at radius 1 is 1.05 bits per heavy atom. The van der Waals surface area contributed by atoms with E-state index in [1.165, 1.54) is 48.2 Å². The zero-order valence-corrected chi connectivity index (χ0v) is 24.7. The van der Waals surface area contributed by atoms with E-state index in [1.807, 2.05) is 0 Å². The third-order valence-electron chi connectivity index (χ3n) is 7.75. The van der Waals surface area contributed by atoms with Gasteiger partial charge in [-0.05, 0) is 98.3 Å². The highest BCUT2D eigenvalue weighted by molar-refractivity contribution is 7.91. The number of nitrogens with zero attached hydrogens (tertiary/aromatic N) is 3. The third kappa shape index (κ3) is 5.81.